The molecule has 0 fully saturated rings. The minimum atomic E-state index is 0.554. The fraction of sp³-hybridized carbons (Fsp3) is 0.435. The number of fused-ring (bicyclic) bond motifs is 1. The van der Waals surface area contributed by atoms with E-state index in [1.807, 2.05) is 0 Å². The Kier molecular flexibility index (Phi) is 6.51. The van der Waals surface area contributed by atoms with Crippen molar-refractivity contribution in [3.05, 3.63) is 52.6 Å². The van der Waals surface area contributed by atoms with Gasteiger partial charge in [-0.2, -0.15) is 0 Å². The molecule has 1 aliphatic rings. The predicted octanol–water partition coefficient (Wildman–Crippen LogP) is 5.18. The number of rotatable bonds is 6. The van der Waals surface area contributed by atoms with Gasteiger partial charge in [0.2, 0.25) is 0 Å². The van der Waals surface area contributed by atoms with Crippen LogP contribution < -0.4 is 9.47 Å². The highest BCUT2D eigenvalue weighted by Gasteiger charge is 2.16. The second kappa shape index (κ2) is 9.05. The van der Waals surface area contributed by atoms with Gasteiger partial charge in [0.25, 0.3) is 0 Å². The number of aliphatic imine (C=N–C) groups is 1. The standard InChI is InChI=1S/C23H29NO3/c1-16-13-19(14-17(2)23(16)26-4)24-22-8-6-5-7-18-9-10-20(15-21(18)22)27-12-11-25-3/h9-10,13-15H,5-8,11-12H2,1-4H3/b24-22+. The minimum Gasteiger partial charge on any atom is -0.496 e. The first-order valence-electron chi connectivity index (χ1n) is 9.60. The molecular formula is C23H29NO3. The van der Waals surface area contributed by atoms with Crippen molar-refractivity contribution < 1.29 is 14.2 Å². The Morgan fingerprint density at radius 2 is 1.67 bits per heavy atom. The molecule has 0 amide bonds. The summed E-state index contributed by atoms with van der Waals surface area (Å²) in [5, 5.41) is 0. The Balaban J connectivity index is 1.96. The van der Waals surface area contributed by atoms with Crippen LogP contribution in [0, 0.1) is 13.8 Å². The quantitative estimate of drug-likeness (QED) is 0.521. The van der Waals surface area contributed by atoms with Gasteiger partial charge in [-0.1, -0.05) is 6.07 Å². The first-order chi connectivity index (χ1) is 13.1. The van der Waals surface area contributed by atoms with Crippen molar-refractivity contribution in [3.63, 3.8) is 0 Å². The lowest BCUT2D eigenvalue weighted by Gasteiger charge is -2.13. The van der Waals surface area contributed by atoms with Crippen molar-refractivity contribution in [1.29, 1.82) is 0 Å². The molecule has 0 N–H and O–H groups in total. The minimum absolute atomic E-state index is 0.554. The molecule has 0 heterocycles. The van der Waals surface area contributed by atoms with Crippen LogP contribution in [0.1, 0.15) is 41.5 Å². The van der Waals surface area contributed by atoms with Crippen LogP contribution in [0.3, 0.4) is 0 Å². The zero-order chi connectivity index (χ0) is 19.2. The SMILES string of the molecule is COCCOc1ccc2c(c1)/C(=N/c1cc(C)c(OC)c(C)c1)CCCC2. The fourth-order valence-corrected chi connectivity index (χ4v) is 3.70. The molecule has 4 heteroatoms. The van der Waals surface area contributed by atoms with Gasteiger partial charge in [-0.15, -0.1) is 0 Å². The lowest BCUT2D eigenvalue weighted by atomic mass is 10.0. The predicted molar refractivity (Wildman–Crippen MR) is 110 cm³/mol. The maximum absolute atomic E-state index is 5.82. The van der Waals surface area contributed by atoms with Crippen molar-refractivity contribution in [2.75, 3.05) is 27.4 Å². The third-order valence-electron chi connectivity index (χ3n) is 4.97. The second-order valence-corrected chi connectivity index (χ2v) is 7.04. The summed E-state index contributed by atoms with van der Waals surface area (Å²) in [5.41, 5.74) is 6.92. The van der Waals surface area contributed by atoms with Gasteiger partial charge in [0.1, 0.15) is 18.1 Å². The number of nitrogens with zero attached hydrogens (tertiary/aromatic N) is 1. The summed E-state index contributed by atoms with van der Waals surface area (Å²) in [6, 6.07) is 10.6. The lowest BCUT2D eigenvalue weighted by molar-refractivity contribution is 0.146. The maximum atomic E-state index is 5.82. The molecule has 0 radical (unpaired) electrons. The first kappa shape index (κ1) is 19.4. The van der Waals surface area contributed by atoms with E-state index in [0.29, 0.717) is 13.2 Å². The zero-order valence-corrected chi connectivity index (χ0v) is 16.8. The van der Waals surface area contributed by atoms with Gasteiger partial charge in [0, 0.05) is 18.4 Å². The average molecular weight is 367 g/mol. The zero-order valence-electron chi connectivity index (χ0n) is 16.8. The molecule has 4 nitrogen and oxygen atoms in total. The monoisotopic (exact) mass is 367 g/mol. The van der Waals surface area contributed by atoms with Gasteiger partial charge in [-0.05, 0) is 80.5 Å². The van der Waals surface area contributed by atoms with Gasteiger partial charge in [0.05, 0.1) is 19.4 Å². The molecule has 2 aromatic carbocycles. The summed E-state index contributed by atoms with van der Waals surface area (Å²) < 4.78 is 16.4. The molecule has 0 atom stereocenters. The summed E-state index contributed by atoms with van der Waals surface area (Å²) in [6.45, 7) is 5.28. The van der Waals surface area contributed by atoms with Crippen molar-refractivity contribution >= 4 is 11.4 Å². The third kappa shape index (κ3) is 4.69. The Morgan fingerprint density at radius 3 is 2.37 bits per heavy atom. The summed E-state index contributed by atoms with van der Waals surface area (Å²) >= 11 is 0. The van der Waals surface area contributed by atoms with E-state index >= 15 is 0 Å². The van der Waals surface area contributed by atoms with E-state index in [0.717, 1.165) is 53.3 Å². The van der Waals surface area contributed by atoms with Crippen LogP contribution >= 0.6 is 0 Å². The van der Waals surface area contributed by atoms with E-state index in [4.69, 9.17) is 19.2 Å². The Morgan fingerprint density at radius 1 is 0.926 bits per heavy atom. The molecule has 0 bridgehead atoms. The van der Waals surface area contributed by atoms with Gasteiger partial charge in [-0.3, -0.25) is 4.99 Å². The highest BCUT2D eigenvalue weighted by molar-refractivity contribution is 6.03. The molecule has 0 saturated carbocycles. The van der Waals surface area contributed by atoms with E-state index < -0.39 is 0 Å². The third-order valence-corrected chi connectivity index (χ3v) is 4.97. The van der Waals surface area contributed by atoms with E-state index in [1.165, 1.54) is 17.5 Å². The summed E-state index contributed by atoms with van der Waals surface area (Å²) in [4.78, 5) is 5.03. The molecule has 2 aromatic rings. The van der Waals surface area contributed by atoms with E-state index in [2.05, 4.69) is 44.2 Å². The molecule has 0 spiro atoms. The number of ether oxygens (including phenoxy) is 3. The van der Waals surface area contributed by atoms with Crippen LogP contribution in [0.25, 0.3) is 0 Å². The number of hydrogen-bond acceptors (Lipinski definition) is 4. The van der Waals surface area contributed by atoms with Crippen molar-refractivity contribution in [3.8, 4) is 11.5 Å². The fourth-order valence-electron chi connectivity index (χ4n) is 3.70. The molecule has 0 unspecified atom stereocenters. The number of benzene rings is 2. The highest BCUT2D eigenvalue weighted by Crippen LogP contribution is 2.31. The largest absolute Gasteiger partial charge is 0.496 e. The van der Waals surface area contributed by atoms with E-state index in [-0.39, 0.29) is 0 Å². The van der Waals surface area contributed by atoms with Crippen LogP contribution in [-0.2, 0) is 11.2 Å². The topological polar surface area (TPSA) is 40.0 Å². The van der Waals surface area contributed by atoms with Crippen LogP contribution in [0.5, 0.6) is 11.5 Å². The van der Waals surface area contributed by atoms with Crippen molar-refractivity contribution in [2.24, 2.45) is 4.99 Å². The second-order valence-electron chi connectivity index (χ2n) is 7.04. The van der Waals surface area contributed by atoms with Gasteiger partial charge in [0.15, 0.2) is 0 Å². The maximum Gasteiger partial charge on any atom is 0.124 e. The molecule has 0 aliphatic heterocycles. The Hall–Kier alpha value is -2.33. The van der Waals surface area contributed by atoms with Gasteiger partial charge < -0.3 is 14.2 Å². The van der Waals surface area contributed by atoms with Gasteiger partial charge >= 0.3 is 0 Å². The van der Waals surface area contributed by atoms with Crippen LogP contribution in [0.2, 0.25) is 0 Å². The molecule has 3 rings (SSSR count). The van der Waals surface area contributed by atoms with E-state index in [9.17, 15) is 0 Å². The summed E-state index contributed by atoms with van der Waals surface area (Å²) in [6.07, 6.45) is 4.42. The van der Waals surface area contributed by atoms with E-state index in [1.54, 1.807) is 14.2 Å². The first-order valence-corrected chi connectivity index (χ1v) is 9.60. The van der Waals surface area contributed by atoms with Crippen LogP contribution in [-0.4, -0.2) is 33.1 Å². The molecule has 27 heavy (non-hydrogen) atoms. The molecule has 1 aliphatic carbocycles. The number of aryl methyl sites for hydroxylation is 3. The molecular weight excluding hydrogens is 338 g/mol. The summed E-state index contributed by atoms with van der Waals surface area (Å²) in [5.74, 6) is 1.82. The van der Waals surface area contributed by atoms with Gasteiger partial charge in [-0.25, -0.2) is 0 Å². The smallest absolute Gasteiger partial charge is 0.124 e. The number of methoxy groups -OCH3 is 2. The normalized spacial score (nSPS) is 15.3. The van der Waals surface area contributed by atoms with Crippen LogP contribution in [0.4, 0.5) is 5.69 Å². The summed E-state index contributed by atoms with van der Waals surface area (Å²) in [7, 11) is 3.40. The molecule has 0 aromatic heterocycles. The highest BCUT2D eigenvalue weighted by atomic mass is 16.5. The molecule has 0 saturated heterocycles. The lowest BCUT2D eigenvalue weighted by Crippen LogP contribution is -2.07. The molecule has 144 valence electrons. The Bertz CT molecular complexity index is 803. The van der Waals surface area contributed by atoms with Crippen molar-refractivity contribution in [1.82, 2.24) is 0 Å². The average Bonchev–Trinajstić information content (AvgIpc) is 2.84. The number of hydrogen-bond donors (Lipinski definition) is 0. The Labute approximate surface area is 162 Å². The van der Waals surface area contributed by atoms with Crippen LogP contribution in [0.15, 0.2) is 35.3 Å². The van der Waals surface area contributed by atoms with Crippen molar-refractivity contribution in [2.45, 2.75) is 39.5 Å².